The second-order valence-corrected chi connectivity index (χ2v) is 4.92. The summed E-state index contributed by atoms with van der Waals surface area (Å²) in [6.45, 7) is 3.68. The van der Waals surface area contributed by atoms with Crippen molar-refractivity contribution in [2.24, 2.45) is 0 Å². The Morgan fingerprint density at radius 1 is 1.38 bits per heavy atom. The number of anilines is 1. The largest absolute Gasteiger partial charge is 0.365 e. The van der Waals surface area contributed by atoms with E-state index in [1.165, 1.54) is 0 Å². The number of rotatable bonds is 2. The van der Waals surface area contributed by atoms with Crippen LogP contribution in [0.15, 0.2) is 16.6 Å². The lowest BCUT2D eigenvalue weighted by molar-refractivity contribution is -0.384. The molecule has 0 saturated carbocycles. The Morgan fingerprint density at radius 2 is 2.00 bits per heavy atom. The summed E-state index contributed by atoms with van der Waals surface area (Å²) >= 11 is 3.43. The fourth-order valence-electron chi connectivity index (χ4n) is 2.11. The third kappa shape index (κ3) is 2.04. The van der Waals surface area contributed by atoms with Crippen molar-refractivity contribution in [3.8, 4) is 0 Å². The van der Waals surface area contributed by atoms with Crippen molar-refractivity contribution in [3.63, 3.8) is 0 Å². The summed E-state index contributed by atoms with van der Waals surface area (Å²) in [7, 11) is 0. The summed E-state index contributed by atoms with van der Waals surface area (Å²) in [5.74, 6) is 0. The number of nitro benzene ring substituents is 1. The molecule has 0 amide bonds. The van der Waals surface area contributed by atoms with E-state index in [4.69, 9.17) is 0 Å². The van der Waals surface area contributed by atoms with Crippen molar-refractivity contribution in [1.29, 1.82) is 0 Å². The minimum Gasteiger partial charge on any atom is -0.365 e. The van der Waals surface area contributed by atoms with E-state index in [-0.39, 0.29) is 10.6 Å². The minimum absolute atomic E-state index is 0.203. The second-order valence-electron chi connectivity index (χ2n) is 4.07. The maximum Gasteiger partial charge on any atom is 0.293 e. The highest BCUT2D eigenvalue weighted by atomic mass is 79.9. The van der Waals surface area contributed by atoms with Crippen LogP contribution in [0.25, 0.3) is 0 Å². The molecular weight excluding hydrogens is 272 g/mol. The van der Waals surface area contributed by atoms with Crippen molar-refractivity contribution in [2.45, 2.75) is 19.8 Å². The molecule has 0 N–H and O–H groups in total. The zero-order valence-corrected chi connectivity index (χ0v) is 10.7. The number of benzene rings is 1. The zero-order chi connectivity index (χ0) is 11.7. The van der Waals surface area contributed by atoms with Gasteiger partial charge in [0.25, 0.3) is 5.69 Å². The zero-order valence-electron chi connectivity index (χ0n) is 9.07. The van der Waals surface area contributed by atoms with Gasteiger partial charge in [-0.2, -0.15) is 0 Å². The van der Waals surface area contributed by atoms with E-state index in [1.807, 2.05) is 13.0 Å². The van der Waals surface area contributed by atoms with Gasteiger partial charge in [0.1, 0.15) is 5.69 Å². The first-order chi connectivity index (χ1) is 7.59. The fourth-order valence-corrected chi connectivity index (χ4v) is 2.92. The van der Waals surface area contributed by atoms with Crippen LogP contribution in [0.1, 0.15) is 18.4 Å². The van der Waals surface area contributed by atoms with E-state index in [1.54, 1.807) is 6.07 Å². The molecule has 1 aliphatic rings. The topological polar surface area (TPSA) is 46.4 Å². The molecule has 1 fully saturated rings. The minimum atomic E-state index is -0.300. The van der Waals surface area contributed by atoms with E-state index in [2.05, 4.69) is 20.8 Å². The number of hydrogen-bond donors (Lipinski definition) is 0. The molecule has 1 heterocycles. The number of nitro groups is 1. The first kappa shape index (κ1) is 11.4. The standard InChI is InChI=1S/C11H13BrN2O2/c1-8-6-9(12)11(10(7-8)14(15)16)13-4-2-3-5-13/h6-7H,2-5H2,1H3. The van der Waals surface area contributed by atoms with Gasteiger partial charge in [0.05, 0.1) is 4.92 Å². The summed E-state index contributed by atoms with van der Waals surface area (Å²) in [4.78, 5) is 12.8. The number of nitrogens with zero attached hydrogens (tertiary/aromatic N) is 2. The molecule has 2 rings (SSSR count). The van der Waals surface area contributed by atoms with Gasteiger partial charge in [-0.15, -0.1) is 0 Å². The molecule has 0 unspecified atom stereocenters. The van der Waals surface area contributed by atoms with Gasteiger partial charge >= 0.3 is 0 Å². The molecule has 1 saturated heterocycles. The molecule has 86 valence electrons. The summed E-state index contributed by atoms with van der Waals surface area (Å²) < 4.78 is 0.820. The Balaban J connectivity index is 2.52. The van der Waals surface area contributed by atoms with Crippen molar-refractivity contribution in [2.75, 3.05) is 18.0 Å². The van der Waals surface area contributed by atoms with Crippen LogP contribution in [0, 0.1) is 17.0 Å². The lowest BCUT2D eigenvalue weighted by atomic mass is 10.2. The molecule has 0 bridgehead atoms. The van der Waals surface area contributed by atoms with Crippen molar-refractivity contribution in [3.05, 3.63) is 32.3 Å². The Hall–Kier alpha value is -1.10. The molecule has 5 heteroatoms. The fraction of sp³-hybridized carbons (Fsp3) is 0.455. The van der Waals surface area contributed by atoms with Crippen LogP contribution in [0.2, 0.25) is 0 Å². The summed E-state index contributed by atoms with van der Waals surface area (Å²) in [6.07, 6.45) is 2.22. The van der Waals surface area contributed by atoms with Crippen molar-refractivity contribution in [1.82, 2.24) is 0 Å². The lowest BCUT2D eigenvalue weighted by Crippen LogP contribution is -2.19. The van der Waals surface area contributed by atoms with Gasteiger partial charge in [0.15, 0.2) is 0 Å². The molecule has 0 aliphatic carbocycles. The van der Waals surface area contributed by atoms with E-state index < -0.39 is 0 Å². The van der Waals surface area contributed by atoms with Crippen LogP contribution in [-0.4, -0.2) is 18.0 Å². The number of aryl methyl sites for hydroxylation is 1. The Bertz CT molecular complexity index is 428. The van der Waals surface area contributed by atoms with Crippen LogP contribution >= 0.6 is 15.9 Å². The average Bonchev–Trinajstić information content (AvgIpc) is 2.69. The molecule has 1 aromatic carbocycles. The van der Waals surface area contributed by atoms with Gasteiger partial charge < -0.3 is 4.90 Å². The van der Waals surface area contributed by atoms with Gasteiger partial charge in [-0.3, -0.25) is 10.1 Å². The summed E-state index contributed by atoms with van der Waals surface area (Å²) in [5, 5.41) is 11.0. The van der Waals surface area contributed by atoms with Gasteiger partial charge in [-0.1, -0.05) is 0 Å². The van der Waals surface area contributed by atoms with E-state index in [0.717, 1.165) is 41.7 Å². The molecule has 0 radical (unpaired) electrons. The Kier molecular flexibility index (Phi) is 3.14. The third-order valence-corrected chi connectivity index (χ3v) is 3.41. The maximum absolute atomic E-state index is 11.0. The lowest BCUT2D eigenvalue weighted by Gasteiger charge is -2.19. The van der Waals surface area contributed by atoms with Gasteiger partial charge in [-0.05, 0) is 47.3 Å². The molecule has 0 aromatic heterocycles. The molecule has 4 nitrogen and oxygen atoms in total. The summed E-state index contributed by atoms with van der Waals surface area (Å²) in [6, 6.07) is 3.57. The number of hydrogen-bond acceptors (Lipinski definition) is 3. The Labute approximate surface area is 103 Å². The first-order valence-corrected chi connectivity index (χ1v) is 6.08. The predicted molar refractivity (Wildman–Crippen MR) is 67.0 cm³/mol. The SMILES string of the molecule is Cc1cc(Br)c(N2CCCC2)c([N+](=O)[O-])c1. The Morgan fingerprint density at radius 3 is 2.56 bits per heavy atom. The highest BCUT2D eigenvalue weighted by molar-refractivity contribution is 9.10. The molecular formula is C11H13BrN2O2. The third-order valence-electron chi connectivity index (χ3n) is 2.81. The van der Waals surface area contributed by atoms with Crippen molar-refractivity contribution >= 4 is 27.3 Å². The quantitative estimate of drug-likeness (QED) is 0.619. The van der Waals surface area contributed by atoms with E-state index in [0.29, 0.717) is 0 Å². The first-order valence-electron chi connectivity index (χ1n) is 5.29. The smallest absolute Gasteiger partial charge is 0.293 e. The van der Waals surface area contributed by atoms with Gasteiger partial charge in [0.2, 0.25) is 0 Å². The van der Waals surface area contributed by atoms with Crippen molar-refractivity contribution < 1.29 is 4.92 Å². The maximum atomic E-state index is 11.0. The van der Waals surface area contributed by atoms with Gasteiger partial charge in [0, 0.05) is 23.6 Å². The van der Waals surface area contributed by atoms with Crippen LogP contribution in [0.5, 0.6) is 0 Å². The van der Waals surface area contributed by atoms with Crippen LogP contribution in [0.3, 0.4) is 0 Å². The van der Waals surface area contributed by atoms with E-state index in [9.17, 15) is 10.1 Å². The molecule has 0 spiro atoms. The van der Waals surface area contributed by atoms with Gasteiger partial charge in [-0.25, -0.2) is 0 Å². The van der Waals surface area contributed by atoms with Crippen LogP contribution in [0.4, 0.5) is 11.4 Å². The number of halogens is 1. The molecule has 1 aromatic rings. The molecule has 16 heavy (non-hydrogen) atoms. The van der Waals surface area contributed by atoms with Crippen LogP contribution < -0.4 is 4.90 Å². The normalized spacial score (nSPS) is 15.5. The predicted octanol–water partition coefficient (Wildman–Crippen LogP) is 3.27. The highest BCUT2D eigenvalue weighted by Gasteiger charge is 2.25. The molecule has 1 aliphatic heterocycles. The molecule has 0 atom stereocenters. The second kappa shape index (κ2) is 4.41. The van der Waals surface area contributed by atoms with E-state index >= 15 is 0 Å². The average molecular weight is 285 g/mol. The highest BCUT2D eigenvalue weighted by Crippen LogP contribution is 2.38. The van der Waals surface area contributed by atoms with Crippen LogP contribution in [-0.2, 0) is 0 Å². The monoisotopic (exact) mass is 284 g/mol. The summed E-state index contributed by atoms with van der Waals surface area (Å²) in [5.41, 5.74) is 1.84.